The molecule has 138 valence electrons. The topological polar surface area (TPSA) is 84.9 Å². The Balaban J connectivity index is 2.06. The summed E-state index contributed by atoms with van der Waals surface area (Å²) < 4.78 is 10.9. The number of rotatable bonds is 4. The lowest BCUT2D eigenvalue weighted by atomic mass is 10.1. The van der Waals surface area contributed by atoms with Crippen molar-refractivity contribution in [3.05, 3.63) is 58.2 Å². The number of anilines is 1. The second-order valence-electron chi connectivity index (χ2n) is 5.59. The Morgan fingerprint density at radius 3 is 2.52 bits per heavy atom. The van der Waals surface area contributed by atoms with Crippen molar-refractivity contribution in [3.63, 3.8) is 0 Å². The van der Waals surface area contributed by atoms with Gasteiger partial charge in [-0.05, 0) is 51.8 Å². The molecule has 1 N–H and O–H groups in total. The number of carbonyl (C=O) groups is 3. The minimum absolute atomic E-state index is 0.167. The van der Waals surface area contributed by atoms with E-state index in [2.05, 4.69) is 21.2 Å². The van der Waals surface area contributed by atoms with Crippen molar-refractivity contribution in [3.8, 4) is 11.5 Å². The van der Waals surface area contributed by atoms with Crippen molar-refractivity contribution < 1.29 is 23.9 Å². The normalized spacial score (nSPS) is 15.1. The molecule has 0 saturated carbocycles. The van der Waals surface area contributed by atoms with Crippen LogP contribution in [0.25, 0.3) is 6.08 Å². The average Bonchev–Trinajstić information content (AvgIpc) is 2.90. The number of nitrogens with zero attached hydrogens (tertiary/aromatic N) is 1. The maximum absolute atomic E-state index is 12.3. The molecule has 1 aliphatic heterocycles. The van der Waals surface area contributed by atoms with Crippen molar-refractivity contribution in [1.82, 2.24) is 5.32 Å². The Labute approximate surface area is 163 Å². The number of methoxy groups -OCH3 is 1. The molecule has 0 bridgehead atoms. The van der Waals surface area contributed by atoms with Crippen LogP contribution in [0, 0.1) is 0 Å². The fourth-order valence-corrected chi connectivity index (χ4v) is 3.16. The number of hydrogen-bond acceptors (Lipinski definition) is 5. The fraction of sp³-hybridized carbons (Fsp3) is 0.105. The standard InChI is InChI=1S/C19H15BrN2O5/c1-11(23)27-17-14(20)8-12(10-16(17)26-2)9-15-18(24)21-19(25)22(15)13-6-4-3-5-7-13/h3-10H,1-2H3,(H,21,24,25)/b15-9+. The van der Waals surface area contributed by atoms with Crippen LogP contribution in [0.4, 0.5) is 10.5 Å². The fourth-order valence-electron chi connectivity index (χ4n) is 2.62. The predicted octanol–water partition coefficient (Wildman–Crippen LogP) is 3.48. The summed E-state index contributed by atoms with van der Waals surface area (Å²) in [6.45, 7) is 1.29. The molecule has 7 nitrogen and oxygen atoms in total. The molecule has 1 saturated heterocycles. The summed E-state index contributed by atoms with van der Waals surface area (Å²) in [6, 6.07) is 11.6. The molecule has 1 aliphatic rings. The lowest BCUT2D eigenvalue weighted by Gasteiger charge is -2.16. The van der Waals surface area contributed by atoms with Gasteiger partial charge in [0.25, 0.3) is 5.91 Å². The van der Waals surface area contributed by atoms with E-state index in [1.165, 1.54) is 18.9 Å². The zero-order valence-electron chi connectivity index (χ0n) is 14.5. The Bertz CT molecular complexity index is 956. The number of benzene rings is 2. The molecular weight excluding hydrogens is 416 g/mol. The summed E-state index contributed by atoms with van der Waals surface area (Å²) in [7, 11) is 1.44. The summed E-state index contributed by atoms with van der Waals surface area (Å²) in [6.07, 6.45) is 1.55. The highest BCUT2D eigenvalue weighted by Gasteiger charge is 2.34. The van der Waals surface area contributed by atoms with Gasteiger partial charge in [0.1, 0.15) is 5.70 Å². The van der Waals surface area contributed by atoms with E-state index in [-0.39, 0.29) is 11.4 Å². The van der Waals surface area contributed by atoms with Crippen LogP contribution in [-0.4, -0.2) is 25.0 Å². The zero-order valence-corrected chi connectivity index (χ0v) is 16.1. The highest BCUT2D eigenvalue weighted by Crippen LogP contribution is 2.38. The smallest absolute Gasteiger partial charge is 0.333 e. The monoisotopic (exact) mass is 430 g/mol. The van der Waals surface area contributed by atoms with E-state index < -0.39 is 17.9 Å². The molecule has 3 rings (SSSR count). The number of nitrogens with one attached hydrogen (secondary N) is 1. The Kier molecular flexibility index (Phi) is 5.27. The number of halogens is 1. The molecule has 2 aromatic rings. The van der Waals surface area contributed by atoms with E-state index in [9.17, 15) is 14.4 Å². The number of urea groups is 1. The largest absolute Gasteiger partial charge is 0.493 e. The number of esters is 1. The van der Waals surface area contributed by atoms with Gasteiger partial charge in [-0.1, -0.05) is 18.2 Å². The van der Waals surface area contributed by atoms with Gasteiger partial charge in [-0.25, -0.2) is 4.79 Å². The molecule has 1 fully saturated rings. The Morgan fingerprint density at radius 1 is 1.19 bits per heavy atom. The van der Waals surface area contributed by atoms with Crippen molar-refractivity contribution >= 4 is 45.6 Å². The summed E-state index contributed by atoms with van der Waals surface area (Å²) in [4.78, 5) is 37.0. The first-order valence-corrected chi connectivity index (χ1v) is 8.68. The van der Waals surface area contributed by atoms with E-state index in [0.29, 0.717) is 21.5 Å². The van der Waals surface area contributed by atoms with Crippen molar-refractivity contribution in [2.75, 3.05) is 12.0 Å². The molecule has 1 heterocycles. The minimum Gasteiger partial charge on any atom is -0.493 e. The maximum atomic E-state index is 12.3. The molecule has 0 radical (unpaired) electrons. The number of imide groups is 1. The van der Waals surface area contributed by atoms with Crippen LogP contribution in [0.2, 0.25) is 0 Å². The summed E-state index contributed by atoms with van der Waals surface area (Å²) in [5.41, 5.74) is 1.31. The van der Waals surface area contributed by atoms with E-state index in [1.54, 1.807) is 42.5 Å². The average molecular weight is 431 g/mol. The van der Waals surface area contributed by atoms with Gasteiger partial charge in [0, 0.05) is 6.92 Å². The molecular formula is C19H15BrN2O5. The summed E-state index contributed by atoms with van der Waals surface area (Å²) in [5, 5.41) is 2.28. The van der Waals surface area contributed by atoms with E-state index in [4.69, 9.17) is 9.47 Å². The SMILES string of the molecule is COc1cc(/C=C2\C(=O)NC(=O)N2c2ccccc2)cc(Br)c1OC(C)=O. The lowest BCUT2D eigenvalue weighted by Crippen LogP contribution is -2.27. The van der Waals surface area contributed by atoms with E-state index in [1.807, 2.05) is 6.07 Å². The van der Waals surface area contributed by atoms with Crippen LogP contribution in [0.1, 0.15) is 12.5 Å². The Morgan fingerprint density at radius 2 is 1.89 bits per heavy atom. The third kappa shape index (κ3) is 3.85. The van der Waals surface area contributed by atoms with E-state index in [0.717, 1.165) is 0 Å². The second kappa shape index (κ2) is 7.63. The molecule has 3 amide bonds. The number of amides is 3. The zero-order chi connectivity index (χ0) is 19.6. The van der Waals surface area contributed by atoms with Crippen LogP contribution in [-0.2, 0) is 9.59 Å². The molecule has 0 spiro atoms. The summed E-state index contributed by atoms with van der Waals surface area (Å²) >= 11 is 3.34. The predicted molar refractivity (Wildman–Crippen MR) is 102 cm³/mol. The van der Waals surface area contributed by atoms with Gasteiger partial charge in [-0.3, -0.25) is 19.8 Å². The van der Waals surface area contributed by atoms with Crippen molar-refractivity contribution in [2.24, 2.45) is 0 Å². The third-order valence-corrected chi connectivity index (χ3v) is 4.30. The third-order valence-electron chi connectivity index (χ3n) is 3.71. The molecule has 0 aliphatic carbocycles. The Hall–Kier alpha value is -3.13. The van der Waals surface area contributed by atoms with Gasteiger partial charge in [-0.15, -0.1) is 0 Å². The van der Waals surface area contributed by atoms with Gasteiger partial charge in [0.05, 0.1) is 17.3 Å². The number of hydrogen-bond donors (Lipinski definition) is 1. The first-order valence-electron chi connectivity index (χ1n) is 7.89. The van der Waals surface area contributed by atoms with Gasteiger partial charge in [0.15, 0.2) is 11.5 Å². The lowest BCUT2D eigenvalue weighted by molar-refractivity contribution is -0.132. The van der Waals surface area contributed by atoms with Crippen molar-refractivity contribution in [2.45, 2.75) is 6.92 Å². The second-order valence-corrected chi connectivity index (χ2v) is 6.44. The first-order chi connectivity index (χ1) is 12.9. The number of para-hydroxylation sites is 1. The van der Waals surface area contributed by atoms with Crippen LogP contribution >= 0.6 is 15.9 Å². The molecule has 0 atom stereocenters. The minimum atomic E-state index is -0.528. The number of ether oxygens (including phenoxy) is 2. The van der Waals surface area contributed by atoms with Gasteiger partial charge < -0.3 is 9.47 Å². The first kappa shape index (κ1) is 18.7. The highest BCUT2D eigenvalue weighted by molar-refractivity contribution is 9.10. The van der Waals surface area contributed by atoms with Crippen LogP contribution in [0.3, 0.4) is 0 Å². The summed E-state index contributed by atoms with van der Waals surface area (Å²) in [5.74, 6) is -0.458. The molecule has 27 heavy (non-hydrogen) atoms. The van der Waals surface area contributed by atoms with Gasteiger partial charge in [0.2, 0.25) is 0 Å². The van der Waals surface area contributed by atoms with Gasteiger partial charge >= 0.3 is 12.0 Å². The molecule has 0 aromatic heterocycles. The van der Waals surface area contributed by atoms with Crippen LogP contribution in [0.5, 0.6) is 11.5 Å². The van der Waals surface area contributed by atoms with Gasteiger partial charge in [-0.2, -0.15) is 0 Å². The molecule has 2 aromatic carbocycles. The maximum Gasteiger partial charge on any atom is 0.333 e. The van der Waals surface area contributed by atoms with E-state index >= 15 is 0 Å². The highest BCUT2D eigenvalue weighted by atomic mass is 79.9. The van der Waals surface area contributed by atoms with Crippen LogP contribution in [0.15, 0.2) is 52.6 Å². The molecule has 8 heteroatoms. The quantitative estimate of drug-likeness (QED) is 0.347. The van der Waals surface area contributed by atoms with Crippen molar-refractivity contribution in [1.29, 1.82) is 0 Å². The number of carbonyl (C=O) groups excluding carboxylic acids is 3. The molecule has 0 unspecified atom stereocenters. The van der Waals surface area contributed by atoms with Crippen LogP contribution < -0.4 is 19.7 Å².